The monoisotopic (exact) mass is 265 g/mol. The van der Waals surface area contributed by atoms with Crippen LogP contribution in [-0.2, 0) is 6.61 Å². The lowest BCUT2D eigenvalue weighted by Gasteiger charge is -2.06. The molecule has 0 aliphatic rings. The molecule has 0 atom stereocenters. The number of hydrogen-bond acceptors (Lipinski definition) is 4. The van der Waals surface area contributed by atoms with Gasteiger partial charge in [0.1, 0.15) is 29.8 Å². The third-order valence-electron chi connectivity index (χ3n) is 2.44. The summed E-state index contributed by atoms with van der Waals surface area (Å²) >= 11 is 5.93. The number of aryl methyl sites for hydroxylation is 1. The molecule has 0 unspecified atom stereocenters. The molecule has 4 nitrogen and oxygen atoms in total. The molecule has 0 saturated carbocycles. The van der Waals surface area contributed by atoms with Crippen molar-refractivity contribution < 1.29 is 19.1 Å². The van der Waals surface area contributed by atoms with Crippen molar-refractivity contribution in [3.8, 4) is 5.75 Å². The van der Waals surface area contributed by atoms with E-state index in [4.69, 9.17) is 20.8 Å². The summed E-state index contributed by atoms with van der Waals surface area (Å²) in [6, 6.07) is 8.44. The smallest absolute Gasteiger partial charge is 0.150 e. The van der Waals surface area contributed by atoms with Gasteiger partial charge in [-0.3, -0.25) is 0 Å². The summed E-state index contributed by atoms with van der Waals surface area (Å²) < 4.78 is 10.5. The molecule has 18 heavy (non-hydrogen) atoms. The molecule has 0 radical (unpaired) electrons. The van der Waals surface area contributed by atoms with E-state index >= 15 is 0 Å². The predicted molar refractivity (Wildman–Crippen MR) is 63.6 cm³/mol. The van der Waals surface area contributed by atoms with Gasteiger partial charge in [0, 0.05) is 5.56 Å². The zero-order chi connectivity index (χ0) is 13.1. The average Bonchev–Trinajstić information content (AvgIpc) is 2.70. The summed E-state index contributed by atoms with van der Waals surface area (Å²) in [5.74, 6) is -0.525. The standard InChI is InChI=1S/C13H11ClO4/c1-8-9(6-12(18-8)13(15)16)7-17-11-5-3-2-4-10(11)14/h2-6H,7H2,1H3,(H,15,16)/p-1. The Morgan fingerprint density at radius 2 is 2.17 bits per heavy atom. The van der Waals surface area contributed by atoms with E-state index in [1.165, 1.54) is 6.07 Å². The van der Waals surface area contributed by atoms with Crippen LogP contribution in [0.15, 0.2) is 34.7 Å². The zero-order valence-electron chi connectivity index (χ0n) is 9.60. The Morgan fingerprint density at radius 1 is 1.44 bits per heavy atom. The first-order valence-corrected chi connectivity index (χ1v) is 5.63. The second-order valence-corrected chi connectivity index (χ2v) is 4.11. The number of para-hydroxylation sites is 1. The normalized spacial score (nSPS) is 10.3. The Bertz CT molecular complexity index is 574. The Morgan fingerprint density at radius 3 is 2.78 bits per heavy atom. The quantitative estimate of drug-likeness (QED) is 0.850. The molecule has 0 N–H and O–H groups in total. The number of hydrogen-bond donors (Lipinski definition) is 0. The van der Waals surface area contributed by atoms with E-state index in [9.17, 15) is 9.90 Å². The molecule has 0 fully saturated rings. The first kappa shape index (κ1) is 12.5. The third-order valence-corrected chi connectivity index (χ3v) is 2.75. The van der Waals surface area contributed by atoms with Crippen LogP contribution in [0.4, 0.5) is 0 Å². The van der Waals surface area contributed by atoms with Crippen molar-refractivity contribution >= 4 is 17.6 Å². The fourth-order valence-electron chi connectivity index (χ4n) is 1.48. The number of carbonyl (C=O) groups is 1. The topological polar surface area (TPSA) is 62.5 Å². The van der Waals surface area contributed by atoms with E-state index in [1.54, 1.807) is 31.2 Å². The van der Waals surface area contributed by atoms with Crippen LogP contribution in [0.3, 0.4) is 0 Å². The van der Waals surface area contributed by atoms with Crippen molar-refractivity contribution in [3.05, 3.63) is 52.4 Å². The first-order valence-electron chi connectivity index (χ1n) is 5.26. The summed E-state index contributed by atoms with van der Waals surface area (Å²) in [6.45, 7) is 1.85. The summed E-state index contributed by atoms with van der Waals surface area (Å²) in [5, 5.41) is 11.1. The summed E-state index contributed by atoms with van der Waals surface area (Å²) in [7, 11) is 0. The van der Waals surface area contributed by atoms with Gasteiger partial charge in [0.2, 0.25) is 0 Å². The van der Waals surface area contributed by atoms with Crippen LogP contribution in [0.25, 0.3) is 0 Å². The van der Waals surface area contributed by atoms with E-state index in [0.29, 0.717) is 22.1 Å². The lowest BCUT2D eigenvalue weighted by atomic mass is 10.2. The van der Waals surface area contributed by atoms with Crippen LogP contribution in [0, 0.1) is 6.92 Å². The number of carbonyl (C=O) groups excluding carboxylic acids is 1. The van der Waals surface area contributed by atoms with E-state index in [0.717, 1.165) is 0 Å². The van der Waals surface area contributed by atoms with Gasteiger partial charge in [0.25, 0.3) is 0 Å². The second-order valence-electron chi connectivity index (χ2n) is 3.70. The minimum absolute atomic E-state index is 0.187. The van der Waals surface area contributed by atoms with Crippen LogP contribution in [-0.4, -0.2) is 5.97 Å². The van der Waals surface area contributed by atoms with Gasteiger partial charge in [-0.25, -0.2) is 0 Å². The van der Waals surface area contributed by atoms with Gasteiger partial charge >= 0.3 is 0 Å². The SMILES string of the molecule is Cc1oc(C(=O)[O-])cc1COc1ccccc1Cl. The molecule has 5 heteroatoms. The predicted octanol–water partition coefficient (Wildman–Crippen LogP) is 2.18. The highest BCUT2D eigenvalue weighted by Gasteiger charge is 2.09. The summed E-state index contributed by atoms with van der Waals surface area (Å²) in [6.07, 6.45) is 0. The average molecular weight is 266 g/mol. The number of carboxylic acids is 1. The Balaban J connectivity index is 2.11. The third kappa shape index (κ3) is 2.65. The van der Waals surface area contributed by atoms with Crippen molar-refractivity contribution in [2.24, 2.45) is 0 Å². The minimum Gasteiger partial charge on any atom is -0.542 e. The maximum atomic E-state index is 10.6. The Labute approximate surface area is 109 Å². The second kappa shape index (κ2) is 5.14. The fourth-order valence-corrected chi connectivity index (χ4v) is 1.67. The van der Waals surface area contributed by atoms with Gasteiger partial charge in [0.15, 0.2) is 0 Å². The molecule has 0 spiro atoms. The molecule has 0 aliphatic carbocycles. The molecular formula is C13H10ClO4-. The maximum Gasteiger partial charge on any atom is 0.150 e. The maximum absolute atomic E-state index is 10.6. The van der Waals surface area contributed by atoms with Crippen molar-refractivity contribution in [3.63, 3.8) is 0 Å². The molecule has 0 amide bonds. The largest absolute Gasteiger partial charge is 0.542 e. The van der Waals surface area contributed by atoms with Crippen LogP contribution >= 0.6 is 11.6 Å². The number of benzene rings is 1. The van der Waals surface area contributed by atoms with Crippen LogP contribution in [0.1, 0.15) is 21.9 Å². The van der Waals surface area contributed by atoms with Crippen molar-refractivity contribution in [2.75, 3.05) is 0 Å². The lowest BCUT2D eigenvalue weighted by molar-refractivity contribution is -0.257. The highest BCUT2D eigenvalue weighted by atomic mass is 35.5. The number of halogens is 1. The lowest BCUT2D eigenvalue weighted by Crippen LogP contribution is -2.21. The molecule has 1 heterocycles. The highest BCUT2D eigenvalue weighted by molar-refractivity contribution is 6.32. The van der Waals surface area contributed by atoms with Gasteiger partial charge in [-0.05, 0) is 25.1 Å². The number of rotatable bonds is 4. The van der Waals surface area contributed by atoms with Crippen molar-refractivity contribution in [1.82, 2.24) is 0 Å². The van der Waals surface area contributed by atoms with E-state index in [1.807, 2.05) is 0 Å². The molecule has 2 rings (SSSR count). The van der Waals surface area contributed by atoms with Gasteiger partial charge in [0.05, 0.1) is 5.02 Å². The zero-order valence-corrected chi connectivity index (χ0v) is 10.4. The molecule has 0 bridgehead atoms. The van der Waals surface area contributed by atoms with Crippen molar-refractivity contribution in [2.45, 2.75) is 13.5 Å². The van der Waals surface area contributed by atoms with E-state index in [2.05, 4.69) is 0 Å². The van der Waals surface area contributed by atoms with Gasteiger partial charge in [-0.1, -0.05) is 23.7 Å². The molecular weight excluding hydrogens is 256 g/mol. The molecule has 2 aromatic rings. The molecule has 1 aromatic heterocycles. The van der Waals surface area contributed by atoms with Crippen LogP contribution in [0.2, 0.25) is 5.02 Å². The number of aromatic carboxylic acids is 1. The molecule has 1 aromatic carbocycles. The Hall–Kier alpha value is -1.94. The molecule has 0 saturated heterocycles. The number of ether oxygens (including phenoxy) is 1. The van der Waals surface area contributed by atoms with E-state index in [-0.39, 0.29) is 12.4 Å². The summed E-state index contributed by atoms with van der Waals surface area (Å²) in [4.78, 5) is 10.6. The Kier molecular flexibility index (Phi) is 3.58. The van der Waals surface area contributed by atoms with Gasteiger partial charge in [-0.15, -0.1) is 0 Å². The summed E-state index contributed by atoms with van der Waals surface area (Å²) in [5.41, 5.74) is 0.647. The van der Waals surface area contributed by atoms with Crippen LogP contribution < -0.4 is 9.84 Å². The molecule has 94 valence electrons. The van der Waals surface area contributed by atoms with Crippen LogP contribution in [0.5, 0.6) is 5.75 Å². The highest BCUT2D eigenvalue weighted by Crippen LogP contribution is 2.25. The van der Waals surface area contributed by atoms with Crippen molar-refractivity contribution in [1.29, 1.82) is 0 Å². The number of carboxylic acid groups (broad SMARTS) is 1. The van der Waals surface area contributed by atoms with Gasteiger partial charge in [-0.2, -0.15) is 0 Å². The first-order chi connectivity index (χ1) is 8.58. The molecule has 0 aliphatic heterocycles. The van der Waals surface area contributed by atoms with E-state index < -0.39 is 5.97 Å². The number of furan rings is 1. The fraction of sp³-hybridized carbons (Fsp3) is 0.154. The minimum atomic E-state index is -1.35. The van der Waals surface area contributed by atoms with Gasteiger partial charge < -0.3 is 19.1 Å².